The molecule has 76 valence electrons. The van der Waals surface area contributed by atoms with Crippen LogP contribution >= 0.6 is 0 Å². The minimum atomic E-state index is -0.0448. The number of nitrogens with zero attached hydrogens (tertiary/aromatic N) is 1. The van der Waals surface area contributed by atoms with Gasteiger partial charge in [0.05, 0.1) is 11.8 Å². The third kappa shape index (κ3) is 2.53. The van der Waals surface area contributed by atoms with Crippen LogP contribution in [-0.2, 0) is 6.54 Å². The van der Waals surface area contributed by atoms with Gasteiger partial charge in [0.15, 0.2) is 0 Å². The van der Waals surface area contributed by atoms with E-state index in [1.807, 2.05) is 24.4 Å². The maximum atomic E-state index is 9.09. The summed E-state index contributed by atoms with van der Waals surface area (Å²) in [6.07, 6.45) is 3.67. The quantitative estimate of drug-likeness (QED) is 0.746. The maximum absolute atomic E-state index is 9.09. The average molecular weight is 192 g/mol. The Labute approximate surface area is 84.2 Å². The number of rotatable bonds is 4. The van der Waals surface area contributed by atoms with Gasteiger partial charge in [0.1, 0.15) is 0 Å². The van der Waals surface area contributed by atoms with Crippen LogP contribution in [0.5, 0.6) is 0 Å². The van der Waals surface area contributed by atoms with Gasteiger partial charge in [-0.15, -0.1) is 0 Å². The molecule has 0 unspecified atom stereocenters. The number of nitrogens with one attached hydrogen (secondary N) is 1. The van der Waals surface area contributed by atoms with Gasteiger partial charge in [0, 0.05) is 12.7 Å². The van der Waals surface area contributed by atoms with Crippen LogP contribution in [0.1, 0.15) is 18.5 Å². The molecule has 2 rings (SSSR count). The van der Waals surface area contributed by atoms with Crippen LogP contribution in [0.15, 0.2) is 24.4 Å². The Morgan fingerprint density at radius 1 is 1.43 bits per heavy atom. The highest BCUT2D eigenvalue weighted by Gasteiger charge is 2.26. The van der Waals surface area contributed by atoms with Crippen LogP contribution in [0.3, 0.4) is 0 Å². The lowest BCUT2D eigenvalue weighted by atomic mass is 9.82. The Kier molecular flexibility index (Phi) is 3.11. The molecule has 0 atom stereocenters. The van der Waals surface area contributed by atoms with E-state index in [9.17, 15) is 0 Å². The lowest BCUT2D eigenvalue weighted by Crippen LogP contribution is -2.35. The molecule has 0 bridgehead atoms. The lowest BCUT2D eigenvalue weighted by Gasteiger charge is -2.31. The zero-order valence-corrected chi connectivity index (χ0v) is 8.19. The molecule has 1 aromatic rings. The summed E-state index contributed by atoms with van der Waals surface area (Å²) in [5.74, 6) is 0.661. The fourth-order valence-corrected chi connectivity index (χ4v) is 1.77. The van der Waals surface area contributed by atoms with E-state index in [-0.39, 0.29) is 6.10 Å². The monoisotopic (exact) mass is 192 g/mol. The molecule has 1 aromatic heterocycles. The Morgan fingerprint density at radius 2 is 2.29 bits per heavy atom. The number of pyridine rings is 1. The molecule has 0 amide bonds. The molecule has 3 heteroatoms. The van der Waals surface area contributed by atoms with Crippen molar-refractivity contribution < 1.29 is 5.11 Å². The fraction of sp³-hybridized carbons (Fsp3) is 0.545. The summed E-state index contributed by atoms with van der Waals surface area (Å²) in [6, 6.07) is 5.94. The highest BCUT2D eigenvalue weighted by atomic mass is 16.3. The van der Waals surface area contributed by atoms with Crippen LogP contribution in [0.25, 0.3) is 0 Å². The Hall–Kier alpha value is -0.930. The zero-order chi connectivity index (χ0) is 9.80. The number of aliphatic hydroxyl groups excluding tert-OH is 1. The Balaban J connectivity index is 1.64. The van der Waals surface area contributed by atoms with Crippen molar-refractivity contribution in [2.24, 2.45) is 5.92 Å². The molecule has 1 heterocycles. The van der Waals surface area contributed by atoms with E-state index < -0.39 is 0 Å². The normalized spacial score (nSPS) is 25.8. The molecule has 0 spiro atoms. The molecule has 14 heavy (non-hydrogen) atoms. The van der Waals surface area contributed by atoms with E-state index in [0.717, 1.165) is 31.6 Å². The van der Waals surface area contributed by atoms with Gasteiger partial charge in [-0.3, -0.25) is 4.98 Å². The first-order valence-corrected chi connectivity index (χ1v) is 5.13. The fourth-order valence-electron chi connectivity index (χ4n) is 1.77. The van der Waals surface area contributed by atoms with Gasteiger partial charge in [-0.25, -0.2) is 0 Å². The van der Waals surface area contributed by atoms with Crippen LogP contribution in [0.2, 0.25) is 0 Å². The summed E-state index contributed by atoms with van der Waals surface area (Å²) in [4.78, 5) is 4.22. The standard InChI is InChI=1S/C11H16N2O/c14-11-5-9(6-11)7-12-8-10-3-1-2-4-13-10/h1-4,9,11-12,14H,5-8H2. The van der Waals surface area contributed by atoms with E-state index in [0.29, 0.717) is 5.92 Å². The number of aromatic nitrogens is 1. The summed E-state index contributed by atoms with van der Waals surface area (Å²) in [5, 5.41) is 12.4. The SMILES string of the molecule is OC1CC(CNCc2ccccn2)C1. The summed E-state index contributed by atoms with van der Waals surface area (Å²) >= 11 is 0. The molecule has 0 radical (unpaired) electrons. The predicted octanol–water partition coefficient (Wildman–Crippen LogP) is 0.942. The van der Waals surface area contributed by atoms with Gasteiger partial charge in [-0.05, 0) is 37.4 Å². The van der Waals surface area contributed by atoms with Gasteiger partial charge in [-0.1, -0.05) is 6.07 Å². The van der Waals surface area contributed by atoms with Crippen LogP contribution in [-0.4, -0.2) is 22.7 Å². The second-order valence-corrected chi connectivity index (χ2v) is 3.94. The molecule has 1 aliphatic carbocycles. The first kappa shape index (κ1) is 9.62. The summed E-state index contributed by atoms with van der Waals surface area (Å²) < 4.78 is 0. The predicted molar refractivity (Wildman–Crippen MR) is 54.7 cm³/mol. The number of hydrogen-bond donors (Lipinski definition) is 2. The van der Waals surface area contributed by atoms with Crippen LogP contribution in [0.4, 0.5) is 0 Å². The van der Waals surface area contributed by atoms with Crippen molar-refractivity contribution in [1.82, 2.24) is 10.3 Å². The van der Waals surface area contributed by atoms with Crippen molar-refractivity contribution in [3.8, 4) is 0 Å². The third-order valence-electron chi connectivity index (χ3n) is 2.68. The molecule has 2 N–H and O–H groups in total. The van der Waals surface area contributed by atoms with Crippen molar-refractivity contribution in [2.75, 3.05) is 6.54 Å². The molecule has 0 aliphatic heterocycles. The zero-order valence-electron chi connectivity index (χ0n) is 8.19. The van der Waals surface area contributed by atoms with E-state index >= 15 is 0 Å². The molecule has 0 aromatic carbocycles. The lowest BCUT2D eigenvalue weighted by molar-refractivity contribution is 0.0429. The van der Waals surface area contributed by atoms with Gasteiger partial charge < -0.3 is 10.4 Å². The molecule has 0 saturated heterocycles. The second-order valence-electron chi connectivity index (χ2n) is 3.94. The second kappa shape index (κ2) is 4.53. The minimum Gasteiger partial charge on any atom is -0.393 e. The maximum Gasteiger partial charge on any atom is 0.0546 e. The van der Waals surface area contributed by atoms with Gasteiger partial charge >= 0.3 is 0 Å². The molecular formula is C11H16N2O. The number of hydrogen-bond acceptors (Lipinski definition) is 3. The average Bonchev–Trinajstić information content (AvgIpc) is 2.17. The van der Waals surface area contributed by atoms with Crippen molar-refractivity contribution in [3.05, 3.63) is 30.1 Å². The topological polar surface area (TPSA) is 45.1 Å². The summed E-state index contributed by atoms with van der Waals surface area (Å²) in [7, 11) is 0. The highest BCUT2D eigenvalue weighted by Crippen LogP contribution is 2.26. The smallest absolute Gasteiger partial charge is 0.0546 e. The number of aliphatic hydroxyl groups is 1. The van der Waals surface area contributed by atoms with Crippen molar-refractivity contribution in [3.63, 3.8) is 0 Å². The molecular weight excluding hydrogens is 176 g/mol. The molecule has 1 saturated carbocycles. The Bertz CT molecular complexity index is 270. The summed E-state index contributed by atoms with van der Waals surface area (Å²) in [6.45, 7) is 1.82. The largest absolute Gasteiger partial charge is 0.393 e. The van der Waals surface area contributed by atoms with Crippen molar-refractivity contribution in [1.29, 1.82) is 0 Å². The third-order valence-corrected chi connectivity index (χ3v) is 2.68. The highest BCUT2D eigenvalue weighted by molar-refractivity contribution is 5.02. The first-order valence-electron chi connectivity index (χ1n) is 5.13. The molecule has 1 fully saturated rings. The Morgan fingerprint density at radius 3 is 2.93 bits per heavy atom. The van der Waals surface area contributed by atoms with Crippen molar-refractivity contribution in [2.45, 2.75) is 25.5 Å². The minimum absolute atomic E-state index is 0.0448. The molecule has 3 nitrogen and oxygen atoms in total. The molecule has 1 aliphatic rings. The van der Waals surface area contributed by atoms with Gasteiger partial charge in [0.2, 0.25) is 0 Å². The van der Waals surface area contributed by atoms with E-state index in [1.165, 1.54) is 0 Å². The first-order chi connectivity index (χ1) is 6.84. The van der Waals surface area contributed by atoms with Crippen LogP contribution in [0, 0.1) is 5.92 Å². The van der Waals surface area contributed by atoms with E-state index in [1.54, 1.807) is 0 Å². The van der Waals surface area contributed by atoms with E-state index in [2.05, 4.69) is 10.3 Å². The van der Waals surface area contributed by atoms with Crippen LogP contribution < -0.4 is 5.32 Å². The van der Waals surface area contributed by atoms with Crippen molar-refractivity contribution >= 4 is 0 Å². The van der Waals surface area contributed by atoms with Gasteiger partial charge in [-0.2, -0.15) is 0 Å². The van der Waals surface area contributed by atoms with Gasteiger partial charge in [0.25, 0.3) is 0 Å². The summed E-state index contributed by atoms with van der Waals surface area (Å²) in [5.41, 5.74) is 1.08. The van der Waals surface area contributed by atoms with E-state index in [4.69, 9.17) is 5.11 Å².